The van der Waals surface area contributed by atoms with Crippen LogP contribution in [0.3, 0.4) is 0 Å². The fourth-order valence-electron chi connectivity index (χ4n) is 0.692. The lowest BCUT2D eigenvalue weighted by Crippen LogP contribution is -2.22. The summed E-state index contributed by atoms with van der Waals surface area (Å²) in [5.74, 6) is 0.740. The van der Waals surface area contributed by atoms with Crippen LogP contribution in [0.25, 0.3) is 0 Å². The van der Waals surface area contributed by atoms with Crippen LogP contribution in [0, 0.1) is 12.5 Å². The van der Waals surface area contributed by atoms with Crippen molar-refractivity contribution in [3.63, 3.8) is 0 Å². The first-order chi connectivity index (χ1) is 3.80. The van der Waals surface area contributed by atoms with E-state index in [9.17, 15) is 0 Å². The van der Waals surface area contributed by atoms with E-state index in [1.165, 1.54) is 0 Å². The van der Waals surface area contributed by atoms with Gasteiger partial charge in [0.05, 0.1) is 13.2 Å². The Labute approximate surface area is 58.5 Å². The van der Waals surface area contributed by atoms with Crippen LogP contribution in [0.2, 0.25) is 0 Å². The highest BCUT2D eigenvalue weighted by Gasteiger charge is 2.18. The zero-order valence-corrected chi connectivity index (χ0v) is 6.52. The van der Waals surface area contributed by atoms with Crippen LogP contribution in [0.1, 0.15) is 13.3 Å². The predicted octanol–water partition coefficient (Wildman–Crippen LogP) is 1.97. The minimum Gasteiger partial charge on any atom is -0.374 e. The van der Waals surface area contributed by atoms with E-state index in [1.54, 1.807) is 0 Å². The smallest absolute Gasteiger partial charge is 0.0840 e. The van der Waals surface area contributed by atoms with E-state index in [4.69, 9.17) is 4.74 Å². The van der Waals surface area contributed by atoms with Gasteiger partial charge in [-0.3, -0.25) is 0 Å². The Hall–Kier alpha value is 0.440. The summed E-state index contributed by atoms with van der Waals surface area (Å²) >= 11 is 3.51. The van der Waals surface area contributed by atoms with Gasteiger partial charge in [0.15, 0.2) is 0 Å². The van der Waals surface area contributed by atoms with E-state index in [0.717, 1.165) is 18.9 Å². The van der Waals surface area contributed by atoms with Crippen LogP contribution in [0.15, 0.2) is 0 Å². The Morgan fingerprint density at radius 1 is 1.75 bits per heavy atom. The van der Waals surface area contributed by atoms with Gasteiger partial charge >= 0.3 is 0 Å². The summed E-state index contributed by atoms with van der Waals surface area (Å²) in [5.41, 5.74) is 0. The lowest BCUT2D eigenvalue weighted by Gasteiger charge is -2.22. The van der Waals surface area contributed by atoms with Crippen molar-refractivity contribution in [3.8, 4) is 0 Å². The van der Waals surface area contributed by atoms with E-state index >= 15 is 0 Å². The van der Waals surface area contributed by atoms with Crippen LogP contribution in [-0.4, -0.2) is 11.4 Å². The second kappa shape index (κ2) is 2.83. The maximum absolute atomic E-state index is 5.08. The summed E-state index contributed by atoms with van der Waals surface area (Å²) in [4.78, 5) is 0.562. The molecular formula is C6H10BrO. The van der Waals surface area contributed by atoms with E-state index in [-0.39, 0.29) is 0 Å². The zero-order valence-electron chi connectivity index (χ0n) is 4.93. The maximum atomic E-state index is 5.08. The minimum absolute atomic E-state index is 0.562. The number of halogens is 1. The van der Waals surface area contributed by atoms with Crippen LogP contribution in [0.5, 0.6) is 0 Å². The van der Waals surface area contributed by atoms with Gasteiger partial charge in [-0.2, -0.15) is 0 Å². The molecule has 2 heteroatoms. The molecule has 0 aromatic carbocycles. The molecule has 1 heterocycles. The highest BCUT2D eigenvalue weighted by atomic mass is 79.9. The summed E-state index contributed by atoms with van der Waals surface area (Å²) in [6.07, 6.45) is 1.08. The van der Waals surface area contributed by atoms with Crippen molar-refractivity contribution in [2.75, 3.05) is 6.61 Å². The van der Waals surface area contributed by atoms with Crippen molar-refractivity contribution in [1.29, 1.82) is 0 Å². The molecule has 0 aromatic rings. The van der Waals surface area contributed by atoms with Crippen molar-refractivity contribution in [2.45, 2.75) is 18.2 Å². The quantitative estimate of drug-likeness (QED) is 0.515. The van der Waals surface area contributed by atoms with Crippen molar-refractivity contribution >= 4 is 15.9 Å². The third kappa shape index (κ3) is 1.46. The molecule has 47 valence electrons. The number of hydrogen-bond donors (Lipinski definition) is 0. The molecule has 1 saturated heterocycles. The fourth-order valence-corrected chi connectivity index (χ4v) is 1.06. The number of hydrogen-bond acceptors (Lipinski definition) is 1. The summed E-state index contributed by atoms with van der Waals surface area (Å²) in [5, 5.41) is 0. The number of rotatable bonds is 0. The second-order valence-electron chi connectivity index (χ2n) is 2.23. The molecule has 0 aliphatic carbocycles. The molecule has 0 saturated carbocycles. The predicted molar refractivity (Wildman–Crippen MR) is 36.7 cm³/mol. The van der Waals surface area contributed by atoms with Gasteiger partial charge in [0, 0.05) is 4.83 Å². The zero-order chi connectivity index (χ0) is 5.98. The molecule has 0 aromatic heterocycles. The van der Waals surface area contributed by atoms with E-state index in [1.807, 2.05) is 6.61 Å². The van der Waals surface area contributed by atoms with Gasteiger partial charge in [0.25, 0.3) is 0 Å². The fraction of sp³-hybridized carbons (Fsp3) is 0.833. The Kier molecular flexibility index (Phi) is 2.32. The Morgan fingerprint density at radius 3 is 2.88 bits per heavy atom. The van der Waals surface area contributed by atoms with Gasteiger partial charge in [-0.1, -0.05) is 22.9 Å². The Morgan fingerprint density at radius 2 is 2.50 bits per heavy atom. The molecular weight excluding hydrogens is 168 g/mol. The monoisotopic (exact) mass is 177 g/mol. The van der Waals surface area contributed by atoms with Crippen LogP contribution in [-0.2, 0) is 4.74 Å². The average molecular weight is 178 g/mol. The molecule has 1 fully saturated rings. The second-order valence-corrected chi connectivity index (χ2v) is 3.41. The molecule has 2 unspecified atom stereocenters. The van der Waals surface area contributed by atoms with Crippen molar-refractivity contribution in [3.05, 3.63) is 6.61 Å². The first-order valence-electron chi connectivity index (χ1n) is 2.88. The molecule has 1 rings (SSSR count). The number of alkyl halides is 1. The van der Waals surface area contributed by atoms with Crippen molar-refractivity contribution in [2.24, 2.45) is 5.92 Å². The van der Waals surface area contributed by atoms with Crippen molar-refractivity contribution < 1.29 is 4.74 Å². The first kappa shape index (κ1) is 6.56. The molecule has 0 bridgehead atoms. The molecule has 0 amide bonds. The Bertz CT molecular complexity index is 64.9. The minimum atomic E-state index is 0.562. The topological polar surface area (TPSA) is 9.23 Å². The lowest BCUT2D eigenvalue weighted by atomic mass is 10.0. The molecule has 1 nitrogen and oxygen atoms in total. The maximum Gasteiger partial charge on any atom is 0.0840 e. The summed E-state index contributed by atoms with van der Waals surface area (Å²) in [7, 11) is 0. The molecule has 0 N–H and O–H groups in total. The highest BCUT2D eigenvalue weighted by molar-refractivity contribution is 9.09. The third-order valence-electron chi connectivity index (χ3n) is 1.46. The molecule has 8 heavy (non-hydrogen) atoms. The highest BCUT2D eigenvalue weighted by Crippen LogP contribution is 2.22. The van der Waals surface area contributed by atoms with E-state index in [0.29, 0.717) is 4.83 Å². The molecule has 1 aliphatic heterocycles. The largest absolute Gasteiger partial charge is 0.374 e. The summed E-state index contributed by atoms with van der Waals surface area (Å²) < 4.78 is 5.08. The number of ether oxygens (including phenoxy) is 1. The van der Waals surface area contributed by atoms with Crippen LogP contribution < -0.4 is 0 Å². The first-order valence-corrected chi connectivity index (χ1v) is 3.79. The normalized spacial score (nSPS) is 39.8. The van der Waals surface area contributed by atoms with E-state index < -0.39 is 0 Å². The van der Waals surface area contributed by atoms with Gasteiger partial charge in [0.2, 0.25) is 0 Å². The SMILES string of the molecule is CC1C[CH]OCC1Br. The summed E-state index contributed by atoms with van der Waals surface area (Å²) in [6, 6.07) is 0. The lowest BCUT2D eigenvalue weighted by molar-refractivity contribution is 0.136. The van der Waals surface area contributed by atoms with Gasteiger partial charge < -0.3 is 4.74 Å². The summed E-state index contributed by atoms with van der Waals surface area (Å²) in [6.45, 7) is 4.95. The van der Waals surface area contributed by atoms with Crippen LogP contribution in [0.4, 0.5) is 0 Å². The molecule has 1 aliphatic rings. The van der Waals surface area contributed by atoms with Crippen LogP contribution >= 0.6 is 15.9 Å². The molecule has 1 radical (unpaired) electrons. The Balaban J connectivity index is 2.28. The van der Waals surface area contributed by atoms with Gasteiger partial charge in [-0.15, -0.1) is 0 Å². The standard InChI is InChI=1S/C6H10BrO/c1-5-2-3-8-4-6(5)7/h3,5-6H,2,4H2,1H3. The van der Waals surface area contributed by atoms with Gasteiger partial charge in [0.1, 0.15) is 0 Å². The van der Waals surface area contributed by atoms with Crippen molar-refractivity contribution in [1.82, 2.24) is 0 Å². The molecule has 2 atom stereocenters. The van der Waals surface area contributed by atoms with E-state index in [2.05, 4.69) is 22.9 Å². The molecule has 0 spiro atoms. The van der Waals surface area contributed by atoms with Gasteiger partial charge in [-0.05, 0) is 12.3 Å². The van der Waals surface area contributed by atoms with Gasteiger partial charge in [-0.25, -0.2) is 0 Å². The third-order valence-corrected chi connectivity index (χ3v) is 2.63. The average Bonchev–Trinajstić information content (AvgIpc) is 1.77.